The van der Waals surface area contributed by atoms with Crippen molar-refractivity contribution in [1.29, 1.82) is 0 Å². The Bertz CT molecular complexity index is 1420. The van der Waals surface area contributed by atoms with Crippen molar-refractivity contribution in [2.45, 2.75) is 19.4 Å². The third kappa shape index (κ3) is 3.93. The molecule has 1 aromatic carbocycles. The Labute approximate surface area is 192 Å². The predicted octanol–water partition coefficient (Wildman–Crippen LogP) is 2.37. The van der Waals surface area contributed by atoms with Crippen LogP contribution in [0, 0.1) is 11.7 Å². The maximum atomic E-state index is 13.4. The minimum Gasteiger partial charge on any atom is -0.423 e. The highest BCUT2D eigenvalue weighted by molar-refractivity contribution is 6.12. The van der Waals surface area contributed by atoms with Gasteiger partial charge < -0.3 is 15.1 Å². The number of likely N-dealkylation sites (tertiary alicyclic amines) is 1. The maximum absolute atomic E-state index is 13.4. The fourth-order valence-electron chi connectivity index (χ4n) is 4.14. The summed E-state index contributed by atoms with van der Waals surface area (Å²) < 4.78 is 20.5. The van der Waals surface area contributed by atoms with Gasteiger partial charge in [-0.2, -0.15) is 10.1 Å². The van der Waals surface area contributed by atoms with Crippen LogP contribution in [-0.4, -0.2) is 54.5 Å². The number of fused-ring (bicyclic) bond motifs is 2. The van der Waals surface area contributed by atoms with Gasteiger partial charge in [0.15, 0.2) is 16.9 Å². The number of aromatic nitrogens is 5. The highest BCUT2D eigenvalue weighted by atomic mass is 19.1. The lowest BCUT2D eigenvalue weighted by atomic mass is 9.97. The Balaban J connectivity index is 1.40. The SMILES string of the molecule is C=CC(=O)N1CCC(Cn2nc(C(=O)Nc3nc4cc(F)ccc4o3)c3c(N)ncnc32)CC1. The van der Waals surface area contributed by atoms with Crippen LogP contribution in [-0.2, 0) is 11.3 Å². The molecule has 0 spiro atoms. The van der Waals surface area contributed by atoms with Crippen molar-refractivity contribution in [3.8, 4) is 0 Å². The average molecular weight is 464 g/mol. The van der Waals surface area contributed by atoms with E-state index in [2.05, 4.69) is 31.9 Å². The minimum absolute atomic E-state index is 0.0285. The lowest BCUT2D eigenvalue weighted by Crippen LogP contribution is -2.38. The molecular weight excluding hydrogens is 443 g/mol. The lowest BCUT2D eigenvalue weighted by Gasteiger charge is -2.31. The largest absolute Gasteiger partial charge is 0.423 e. The Morgan fingerprint density at radius 1 is 1.29 bits per heavy atom. The molecule has 0 bridgehead atoms. The molecule has 1 aliphatic heterocycles. The summed E-state index contributed by atoms with van der Waals surface area (Å²) in [7, 11) is 0. The molecule has 3 aromatic heterocycles. The number of nitrogen functional groups attached to an aromatic ring is 1. The van der Waals surface area contributed by atoms with Crippen LogP contribution < -0.4 is 11.1 Å². The van der Waals surface area contributed by atoms with Gasteiger partial charge in [0.2, 0.25) is 5.91 Å². The number of hydrogen-bond donors (Lipinski definition) is 2. The summed E-state index contributed by atoms with van der Waals surface area (Å²) in [6.45, 7) is 5.28. The first-order valence-electron chi connectivity index (χ1n) is 10.7. The number of carbonyl (C=O) groups is 2. The van der Waals surface area contributed by atoms with Gasteiger partial charge in [0, 0.05) is 25.7 Å². The van der Waals surface area contributed by atoms with E-state index in [-0.39, 0.29) is 34.9 Å². The number of oxazole rings is 1. The van der Waals surface area contributed by atoms with E-state index in [9.17, 15) is 14.0 Å². The number of anilines is 2. The summed E-state index contributed by atoms with van der Waals surface area (Å²) >= 11 is 0. The molecule has 0 radical (unpaired) electrons. The molecule has 0 atom stereocenters. The second-order valence-corrected chi connectivity index (χ2v) is 8.05. The number of rotatable bonds is 5. The minimum atomic E-state index is -0.608. The number of nitrogens with zero attached hydrogens (tertiary/aromatic N) is 6. The Morgan fingerprint density at radius 3 is 2.85 bits per heavy atom. The van der Waals surface area contributed by atoms with Crippen LogP contribution in [0.4, 0.5) is 16.2 Å². The van der Waals surface area contributed by atoms with Gasteiger partial charge in [-0.15, -0.1) is 0 Å². The molecule has 12 heteroatoms. The van der Waals surface area contributed by atoms with Crippen molar-refractivity contribution in [3.63, 3.8) is 0 Å². The molecule has 5 rings (SSSR count). The van der Waals surface area contributed by atoms with Gasteiger partial charge in [0.25, 0.3) is 5.91 Å². The van der Waals surface area contributed by atoms with Crippen LogP contribution in [0.3, 0.4) is 0 Å². The number of piperidine rings is 1. The summed E-state index contributed by atoms with van der Waals surface area (Å²) in [6.07, 6.45) is 4.20. The van der Waals surface area contributed by atoms with Crippen molar-refractivity contribution in [2.75, 3.05) is 24.1 Å². The van der Waals surface area contributed by atoms with Crippen LogP contribution in [0.1, 0.15) is 23.3 Å². The van der Waals surface area contributed by atoms with E-state index in [1.165, 1.54) is 30.6 Å². The van der Waals surface area contributed by atoms with Gasteiger partial charge in [-0.25, -0.2) is 19.0 Å². The highest BCUT2D eigenvalue weighted by Crippen LogP contribution is 2.26. The molecule has 1 saturated heterocycles. The van der Waals surface area contributed by atoms with E-state index in [4.69, 9.17) is 10.2 Å². The second-order valence-electron chi connectivity index (χ2n) is 8.05. The summed E-state index contributed by atoms with van der Waals surface area (Å²) in [5.41, 5.74) is 7.12. The molecule has 0 aliphatic carbocycles. The van der Waals surface area contributed by atoms with Gasteiger partial charge in [-0.3, -0.25) is 14.9 Å². The number of nitrogens with two attached hydrogens (primary N) is 1. The number of benzene rings is 1. The summed E-state index contributed by atoms with van der Waals surface area (Å²) in [5, 5.41) is 7.34. The van der Waals surface area contributed by atoms with Gasteiger partial charge in [0.1, 0.15) is 23.5 Å². The molecule has 0 unspecified atom stereocenters. The van der Waals surface area contributed by atoms with Crippen molar-refractivity contribution >= 4 is 45.8 Å². The van der Waals surface area contributed by atoms with E-state index < -0.39 is 11.7 Å². The molecule has 4 aromatic rings. The van der Waals surface area contributed by atoms with Gasteiger partial charge in [-0.05, 0) is 37.0 Å². The van der Waals surface area contributed by atoms with Crippen LogP contribution in [0.5, 0.6) is 0 Å². The van der Waals surface area contributed by atoms with E-state index >= 15 is 0 Å². The predicted molar refractivity (Wildman–Crippen MR) is 121 cm³/mol. The Hall–Kier alpha value is -4.35. The first-order chi connectivity index (χ1) is 16.4. The maximum Gasteiger partial charge on any atom is 0.302 e. The number of nitrogens with one attached hydrogen (secondary N) is 1. The van der Waals surface area contributed by atoms with Crippen LogP contribution in [0.15, 0.2) is 41.6 Å². The van der Waals surface area contributed by atoms with Crippen LogP contribution in [0.2, 0.25) is 0 Å². The fourth-order valence-corrected chi connectivity index (χ4v) is 4.14. The van der Waals surface area contributed by atoms with Crippen molar-refractivity contribution in [2.24, 2.45) is 5.92 Å². The molecule has 11 nitrogen and oxygen atoms in total. The molecular formula is C22H21FN8O3. The topological polar surface area (TPSA) is 145 Å². The zero-order valence-corrected chi connectivity index (χ0v) is 18.1. The highest BCUT2D eigenvalue weighted by Gasteiger charge is 2.26. The number of carbonyl (C=O) groups excluding carboxylic acids is 2. The molecule has 4 heterocycles. The lowest BCUT2D eigenvalue weighted by molar-refractivity contribution is -0.127. The van der Waals surface area contributed by atoms with E-state index in [0.29, 0.717) is 36.3 Å². The summed E-state index contributed by atoms with van der Waals surface area (Å²) in [6, 6.07) is 3.78. The van der Waals surface area contributed by atoms with Crippen molar-refractivity contribution < 1.29 is 18.4 Å². The van der Waals surface area contributed by atoms with Crippen LogP contribution >= 0.6 is 0 Å². The standard InChI is InChI=1S/C22H21FN8O3/c1-2-16(32)30-7-5-12(6-8-30)10-31-20-17(19(24)25-11-26-20)18(29-31)21(33)28-22-27-14-9-13(23)3-4-15(14)34-22/h2-4,9,11-12H,1,5-8,10H2,(H2,24,25,26)(H,27,28,33). The smallest absolute Gasteiger partial charge is 0.302 e. The first-order valence-corrected chi connectivity index (χ1v) is 10.7. The Kier molecular flexibility index (Phi) is 5.40. The zero-order valence-electron chi connectivity index (χ0n) is 18.1. The number of amides is 2. The average Bonchev–Trinajstić information content (AvgIpc) is 3.40. The molecule has 1 fully saturated rings. The van der Waals surface area contributed by atoms with Crippen LogP contribution in [0.25, 0.3) is 22.1 Å². The zero-order chi connectivity index (χ0) is 23.8. The Morgan fingerprint density at radius 2 is 2.09 bits per heavy atom. The monoisotopic (exact) mass is 464 g/mol. The van der Waals surface area contributed by atoms with Gasteiger partial charge in [-0.1, -0.05) is 6.58 Å². The quantitative estimate of drug-likeness (QED) is 0.428. The third-order valence-corrected chi connectivity index (χ3v) is 5.88. The fraction of sp³-hybridized carbons (Fsp3) is 0.273. The molecule has 34 heavy (non-hydrogen) atoms. The molecule has 3 N–H and O–H groups in total. The first kappa shape index (κ1) is 21.5. The molecule has 1 aliphatic rings. The van der Waals surface area contributed by atoms with Crippen molar-refractivity contribution in [1.82, 2.24) is 29.6 Å². The summed E-state index contributed by atoms with van der Waals surface area (Å²) in [5.74, 6) is -0.801. The van der Waals surface area contributed by atoms with Gasteiger partial charge >= 0.3 is 6.01 Å². The normalized spacial score (nSPS) is 14.6. The third-order valence-electron chi connectivity index (χ3n) is 5.88. The number of hydrogen-bond acceptors (Lipinski definition) is 8. The van der Waals surface area contributed by atoms with E-state index in [0.717, 1.165) is 12.8 Å². The number of halogens is 1. The molecule has 0 saturated carbocycles. The molecule has 174 valence electrons. The second kappa shape index (κ2) is 8.54. The van der Waals surface area contributed by atoms with E-state index in [1.54, 1.807) is 9.58 Å². The van der Waals surface area contributed by atoms with E-state index in [1.807, 2.05) is 0 Å². The van der Waals surface area contributed by atoms with Gasteiger partial charge in [0.05, 0.1) is 5.39 Å². The molecule has 2 amide bonds. The van der Waals surface area contributed by atoms with Crippen molar-refractivity contribution in [3.05, 3.63) is 48.7 Å². The summed E-state index contributed by atoms with van der Waals surface area (Å²) in [4.78, 5) is 39.0.